The second kappa shape index (κ2) is 6.97. The van der Waals surface area contributed by atoms with Crippen molar-refractivity contribution in [3.63, 3.8) is 0 Å². The minimum Gasteiger partial charge on any atom is -0.466 e. The quantitative estimate of drug-likeness (QED) is 0.670. The van der Waals surface area contributed by atoms with Gasteiger partial charge in [-0.25, -0.2) is 0 Å². The maximum atomic E-state index is 5.52. The fourth-order valence-corrected chi connectivity index (χ4v) is 2.27. The lowest BCUT2D eigenvalue weighted by Gasteiger charge is -2.12. The Morgan fingerprint density at radius 1 is 1.10 bits per heavy atom. The van der Waals surface area contributed by atoms with E-state index in [1.54, 1.807) is 7.05 Å². The van der Waals surface area contributed by atoms with E-state index < -0.39 is 0 Å². The summed E-state index contributed by atoms with van der Waals surface area (Å²) < 4.78 is 5.52. The lowest BCUT2D eigenvalue weighted by molar-refractivity contribution is 0.500. The standard InChI is InChI=1S/C17H23N3O/c1-12-6-5-7-15(8-12)10-19-17(18-4)20-11-16-9-13(2)21-14(16)3/h5-9H,10-11H2,1-4H3,(H2,18,19,20). The molecule has 0 aliphatic carbocycles. The molecule has 0 saturated heterocycles. The van der Waals surface area contributed by atoms with Crippen LogP contribution >= 0.6 is 0 Å². The predicted octanol–water partition coefficient (Wildman–Crippen LogP) is 3.07. The zero-order chi connectivity index (χ0) is 15.2. The largest absolute Gasteiger partial charge is 0.466 e. The molecule has 0 saturated carbocycles. The number of hydrogen-bond acceptors (Lipinski definition) is 2. The van der Waals surface area contributed by atoms with Gasteiger partial charge in [-0.05, 0) is 32.4 Å². The van der Waals surface area contributed by atoms with E-state index in [4.69, 9.17) is 4.42 Å². The van der Waals surface area contributed by atoms with Gasteiger partial charge in [0.25, 0.3) is 0 Å². The van der Waals surface area contributed by atoms with Gasteiger partial charge in [0.05, 0.1) is 0 Å². The van der Waals surface area contributed by atoms with Crippen LogP contribution in [0.1, 0.15) is 28.2 Å². The van der Waals surface area contributed by atoms with Crippen LogP contribution in [-0.4, -0.2) is 13.0 Å². The smallest absolute Gasteiger partial charge is 0.191 e. The summed E-state index contributed by atoms with van der Waals surface area (Å²) in [5.41, 5.74) is 3.67. The maximum absolute atomic E-state index is 5.52. The number of furan rings is 1. The molecule has 2 aromatic rings. The van der Waals surface area contributed by atoms with E-state index in [0.717, 1.165) is 29.6 Å². The maximum Gasteiger partial charge on any atom is 0.191 e. The summed E-state index contributed by atoms with van der Waals surface area (Å²) in [6.07, 6.45) is 0. The zero-order valence-corrected chi connectivity index (χ0v) is 13.2. The van der Waals surface area contributed by atoms with Gasteiger partial charge in [0.15, 0.2) is 5.96 Å². The van der Waals surface area contributed by atoms with Crippen molar-refractivity contribution in [1.29, 1.82) is 0 Å². The lowest BCUT2D eigenvalue weighted by Crippen LogP contribution is -2.36. The number of rotatable bonds is 4. The van der Waals surface area contributed by atoms with Gasteiger partial charge in [0, 0.05) is 25.7 Å². The Kier molecular flexibility index (Phi) is 5.04. The molecular formula is C17H23N3O. The highest BCUT2D eigenvalue weighted by molar-refractivity contribution is 5.79. The number of guanidine groups is 1. The summed E-state index contributed by atoms with van der Waals surface area (Å²) in [6.45, 7) is 7.50. The van der Waals surface area contributed by atoms with Crippen molar-refractivity contribution in [2.24, 2.45) is 4.99 Å². The third-order valence-electron chi connectivity index (χ3n) is 3.36. The molecule has 4 nitrogen and oxygen atoms in total. The Bertz CT molecular complexity index is 629. The van der Waals surface area contributed by atoms with Crippen LogP contribution in [0.15, 0.2) is 39.7 Å². The number of nitrogens with one attached hydrogen (secondary N) is 2. The molecule has 0 radical (unpaired) electrons. The molecule has 0 unspecified atom stereocenters. The Labute approximate surface area is 126 Å². The van der Waals surface area contributed by atoms with Gasteiger partial charge in [0.1, 0.15) is 11.5 Å². The third-order valence-corrected chi connectivity index (χ3v) is 3.36. The van der Waals surface area contributed by atoms with E-state index in [-0.39, 0.29) is 0 Å². The molecule has 2 N–H and O–H groups in total. The molecule has 4 heteroatoms. The second-order valence-electron chi connectivity index (χ2n) is 5.21. The first kappa shape index (κ1) is 15.2. The molecule has 2 rings (SSSR count). The van der Waals surface area contributed by atoms with Gasteiger partial charge in [-0.1, -0.05) is 29.8 Å². The highest BCUT2D eigenvalue weighted by atomic mass is 16.3. The summed E-state index contributed by atoms with van der Waals surface area (Å²) in [5, 5.41) is 6.62. The van der Waals surface area contributed by atoms with Gasteiger partial charge >= 0.3 is 0 Å². The first-order valence-corrected chi connectivity index (χ1v) is 7.14. The summed E-state index contributed by atoms with van der Waals surface area (Å²) >= 11 is 0. The number of aryl methyl sites for hydroxylation is 3. The van der Waals surface area contributed by atoms with Gasteiger partial charge in [-0.15, -0.1) is 0 Å². The average molecular weight is 285 g/mol. The fourth-order valence-electron chi connectivity index (χ4n) is 2.27. The van der Waals surface area contributed by atoms with Crippen molar-refractivity contribution in [2.45, 2.75) is 33.9 Å². The van der Waals surface area contributed by atoms with Crippen LogP contribution in [0, 0.1) is 20.8 Å². The van der Waals surface area contributed by atoms with E-state index in [1.807, 2.05) is 13.8 Å². The van der Waals surface area contributed by atoms with Crippen molar-refractivity contribution >= 4 is 5.96 Å². The number of nitrogens with zero attached hydrogens (tertiary/aromatic N) is 1. The SMILES string of the molecule is CN=C(NCc1cccc(C)c1)NCc1cc(C)oc1C. The first-order chi connectivity index (χ1) is 10.1. The Morgan fingerprint density at radius 2 is 1.86 bits per heavy atom. The highest BCUT2D eigenvalue weighted by Crippen LogP contribution is 2.13. The third kappa shape index (κ3) is 4.38. The summed E-state index contributed by atoms with van der Waals surface area (Å²) in [5.74, 6) is 2.68. The van der Waals surface area contributed by atoms with Crippen LogP contribution in [0.2, 0.25) is 0 Å². The lowest BCUT2D eigenvalue weighted by atomic mass is 10.1. The monoisotopic (exact) mass is 285 g/mol. The average Bonchev–Trinajstić information content (AvgIpc) is 2.77. The van der Waals surface area contributed by atoms with Crippen LogP contribution in [0.4, 0.5) is 0 Å². The Hall–Kier alpha value is -2.23. The molecule has 0 bridgehead atoms. The highest BCUT2D eigenvalue weighted by Gasteiger charge is 2.05. The topological polar surface area (TPSA) is 49.6 Å². The number of hydrogen-bond donors (Lipinski definition) is 2. The molecule has 21 heavy (non-hydrogen) atoms. The van der Waals surface area contributed by atoms with Crippen molar-refractivity contribution in [2.75, 3.05) is 7.05 Å². The van der Waals surface area contributed by atoms with Gasteiger partial charge in [-0.3, -0.25) is 4.99 Å². The van der Waals surface area contributed by atoms with E-state index in [9.17, 15) is 0 Å². The molecule has 0 fully saturated rings. The second-order valence-corrected chi connectivity index (χ2v) is 5.21. The molecule has 0 aliphatic rings. The Morgan fingerprint density at radius 3 is 2.48 bits per heavy atom. The van der Waals surface area contributed by atoms with Crippen molar-refractivity contribution in [1.82, 2.24) is 10.6 Å². The molecule has 0 spiro atoms. The molecule has 0 atom stereocenters. The fraction of sp³-hybridized carbons (Fsp3) is 0.353. The minimum absolute atomic E-state index is 0.705. The minimum atomic E-state index is 0.705. The van der Waals surface area contributed by atoms with Crippen molar-refractivity contribution < 1.29 is 4.42 Å². The zero-order valence-electron chi connectivity index (χ0n) is 13.2. The van der Waals surface area contributed by atoms with E-state index in [0.29, 0.717) is 6.54 Å². The van der Waals surface area contributed by atoms with Crippen LogP contribution in [0.25, 0.3) is 0 Å². The summed E-state index contributed by atoms with van der Waals surface area (Å²) in [6, 6.07) is 10.5. The first-order valence-electron chi connectivity index (χ1n) is 7.14. The number of aliphatic imine (C=N–C) groups is 1. The van der Waals surface area contributed by atoms with Crippen molar-refractivity contribution in [3.8, 4) is 0 Å². The van der Waals surface area contributed by atoms with Crippen LogP contribution in [0.3, 0.4) is 0 Å². The Balaban J connectivity index is 1.88. The molecule has 1 aromatic heterocycles. The molecule has 1 aromatic carbocycles. The molecule has 0 amide bonds. The van der Waals surface area contributed by atoms with Gasteiger partial charge in [0.2, 0.25) is 0 Å². The van der Waals surface area contributed by atoms with E-state index >= 15 is 0 Å². The van der Waals surface area contributed by atoms with Crippen LogP contribution in [0.5, 0.6) is 0 Å². The van der Waals surface area contributed by atoms with Crippen molar-refractivity contribution in [3.05, 3.63) is 58.5 Å². The van der Waals surface area contributed by atoms with Crippen LogP contribution in [-0.2, 0) is 13.1 Å². The predicted molar refractivity (Wildman–Crippen MR) is 86.4 cm³/mol. The molecule has 112 valence electrons. The normalized spacial score (nSPS) is 11.5. The number of benzene rings is 1. The van der Waals surface area contributed by atoms with E-state index in [1.165, 1.54) is 11.1 Å². The molecule has 1 heterocycles. The summed E-state index contributed by atoms with van der Waals surface area (Å²) in [7, 11) is 1.78. The molecule has 0 aliphatic heterocycles. The van der Waals surface area contributed by atoms with Gasteiger partial charge < -0.3 is 15.1 Å². The van der Waals surface area contributed by atoms with E-state index in [2.05, 4.69) is 52.9 Å². The molecular weight excluding hydrogens is 262 g/mol. The summed E-state index contributed by atoms with van der Waals surface area (Å²) in [4.78, 5) is 4.24. The van der Waals surface area contributed by atoms with Gasteiger partial charge in [-0.2, -0.15) is 0 Å². The van der Waals surface area contributed by atoms with Crippen LogP contribution < -0.4 is 10.6 Å².